The Balaban J connectivity index is 1.89. The van der Waals surface area contributed by atoms with Crippen LogP contribution in [0.5, 0.6) is 0 Å². The minimum Gasteiger partial charge on any atom is -0.383 e. The van der Waals surface area contributed by atoms with Gasteiger partial charge in [-0.05, 0) is 15.9 Å². The number of rotatable bonds is 2. The molecule has 4 heterocycles. The second kappa shape index (κ2) is 5.81. The van der Waals surface area contributed by atoms with E-state index >= 15 is 0 Å². The molecule has 0 saturated carbocycles. The van der Waals surface area contributed by atoms with Crippen LogP contribution >= 0.6 is 27.7 Å². The summed E-state index contributed by atoms with van der Waals surface area (Å²) < 4.78 is 4.27. The molecular weight excluding hydrogens is 378 g/mol. The predicted molar refractivity (Wildman–Crippen MR) is 95.4 cm³/mol. The molecule has 0 radical (unpaired) electrons. The third kappa shape index (κ3) is 2.52. The van der Waals surface area contributed by atoms with Crippen LogP contribution < -0.4 is 11.1 Å². The third-order valence-corrected chi connectivity index (χ3v) is 5.94. The van der Waals surface area contributed by atoms with Crippen molar-refractivity contribution in [3.05, 3.63) is 28.8 Å². The Kier molecular flexibility index (Phi) is 3.78. The summed E-state index contributed by atoms with van der Waals surface area (Å²) in [6.07, 6.45) is 5.55. The maximum Gasteiger partial charge on any atom is 0.165 e. The molecule has 1 saturated heterocycles. The predicted octanol–water partition coefficient (Wildman–Crippen LogP) is 1.85. The highest BCUT2D eigenvalue weighted by Gasteiger charge is 2.24. The van der Waals surface area contributed by atoms with E-state index in [1.165, 1.54) is 0 Å². The second-order valence-corrected chi connectivity index (χ2v) is 7.56. The van der Waals surface area contributed by atoms with Crippen LogP contribution in [0.1, 0.15) is 10.9 Å². The van der Waals surface area contributed by atoms with Crippen molar-refractivity contribution in [1.82, 2.24) is 29.7 Å². The minimum absolute atomic E-state index is 0.280. The SMILES string of the molecule is Cn1cc(-c2cnn3c(N)c(Br)c(C4CNCCS4)nc23)cn1. The Hall–Kier alpha value is -1.58. The van der Waals surface area contributed by atoms with Crippen LogP contribution in [0.2, 0.25) is 0 Å². The number of thioether (sulfide) groups is 1. The first-order valence-corrected chi connectivity index (χ1v) is 9.13. The summed E-state index contributed by atoms with van der Waals surface area (Å²) in [7, 11) is 1.89. The number of anilines is 1. The number of nitrogens with zero attached hydrogens (tertiary/aromatic N) is 5. The van der Waals surface area contributed by atoms with E-state index in [0.717, 1.165) is 45.8 Å². The largest absolute Gasteiger partial charge is 0.383 e. The number of halogens is 1. The van der Waals surface area contributed by atoms with E-state index in [4.69, 9.17) is 10.7 Å². The highest BCUT2D eigenvalue weighted by atomic mass is 79.9. The normalized spacial score (nSPS) is 18.6. The maximum atomic E-state index is 6.29. The molecule has 4 rings (SSSR count). The van der Waals surface area contributed by atoms with Crippen molar-refractivity contribution in [3.63, 3.8) is 0 Å². The Morgan fingerprint density at radius 3 is 2.96 bits per heavy atom. The summed E-state index contributed by atoms with van der Waals surface area (Å²) in [5.41, 5.74) is 9.94. The Bertz CT molecular complexity index is 866. The lowest BCUT2D eigenvalue weighted by molar-refractivity contribution is 0.678. The Morgan fingerprint density at radius 1 is 1.39 bits per heavy atom. The minimum atomic E-state index is 0.280. The van der Waals surface area contributed by atoms with Gasteiger partial charge in [0.1, 0.15) is 5.82 Å². The van der Waals surface area contributed by atoms with Gasteiger partial charge in [0, 0.05) is 43.2 Å². The van der Waals surface area contributed by atoms with Gasteiger partial charge in [0.15, 0.2) is 5.65 Å². The molecule has 0 amide bonds. The molecule has 1 atom stereocenters. The van der Waals surface area contributed by atoms with Crippen LogP contribution in [-0.4, -0.2) is 43.2 Å². The number of aryl methyl sites for hydroxylation is 1. The monoisotopic (exact) mass is 393 g/mol. The fraction of sp³-hybridized carbons (Fsp3) is 0.357. The van der Waals surface area contributed by atoms with Gasteiger partial charge in [-0.15, -0.1) is 11.8 Å². The van der Waals surface area contributed by atoms with Crippen LogP contribution in [-0.2, 0) is 7.05 Å². The number of nitrogens with one attached hydrogen (secondary N) is 1. The molecule has 9 heteroatoms. The smallest absolute Gasteiger partial charge is 0.165 e. The molecule has 0 bridgehead atoms. The van der Waals surface area contributed by atoms with Crippen molar-refractivity contribution >= 4 is 39.2 Å². The van der Waals surface area contributed by atoms with Gasteiger partial charge in [-0.1, -0.05) is 0 Å². The van der Waals surface area contributed by atoms with Crippen molar-refractivity contribution in [3.8, 4) is 11.1 Å². The van der Waals surface area contributed by atoms with Crippen molar-refractivity contribution < 1.29 is 0 Å². The molecule has 0 aliphatic carbocycles. The first-order chi connectivity index (χ1) is 11.1. The molecular formula is C14H16BrN7S. The standard InChI is InChI=1S/C14H16BrN7S/c1-21-7-8(4-18-21)9-5-19-22-13(16)11(15)12(20-14(9)22)10-6-17-2-3-23-10/h4-5,7,10,17H,2-3,6,16H2,1H3. The summed E-state index contributed by atoms with van der Waals surface area (Å²) in [6.45, 7) is 1.92. The first kappa shape index (κ1) is 15.0. The van der Waals surface area contributed by atoms with Crippen LogP contribution in [0, 0.1) is 0 Å². The van der Waals surface area contributed by atoms with Gasteiger partial charge in [-0.25, -0.2) is 4.98 Å². The van der Waals surface area contributed by atoms with E-state index < -0.39 is 0 Å². The average Bonchev–Trinajstić information content (AvgIpc) is 3.17. The summed E-state index contributed by atoms with van der Waals surface area (Å²) in [6, 6.07) is 0. The highest BCUT2D eigenvalue weighted by Crippen LogP contribution is 2.37. The number of fused-ring (bicyclic) bond motifs is 1. The molecule has 3 aromatic heterocycles. The van der Waals surface area contributed by atoms with Gasteiger partial charge in [-0.2, -0.15) is 14.7 Å². The topological polar surface area (TPSA) is 86.1 Å². The van der Waals surface area contributed by atoms with Gasteiger partial charge < -0.3 is 11.1 Å². The lowest BCUT2D eigenvalue weighted by Gasteiger charge is -2.23. The van der Waals surface area contributed by atoms with Crippen molar-refractivity contribution in [1.29, 1.82) is 0 Å². The number of aromatic nitrogens is 5. The van der Waals surface area contributed by atoms with Crippen LogP contribution in [0.15, 0.2) is 23.1 Å². The fourth-order valence-electron chi connectivity index (χ4n) is 2.73. The van der Waals surface area contributed by atoms with Crippen molar-refractivity contribution in [2.24, 2.45) is 7.05 Å². The third-order valence-electron chi connectivity index (χ3n) is 3.90. The molecule has 120 valence electrons. The summed E-state index contributed by atoms with van der Waals surface area (Å²) in [4.78, 5) is 4.88. The van der Waals surface area contributed by atoms with Crippen LogP contribution in [0.25, 0.3) is 16.8 Å². The summed E-state index contributed by atoms with van der Waals surface area (Å²) in [5, 5.41) is 12.3. The molecule has 3 aromatic rings. The van der Waals surface area contributed by atoms with Gasteiger partial charge in [0.05, 0.1) is 27.8 Å². The van der Waals surface area contributed by atoms with Crippen molar-refractivity contribution in [2.75, 3.05) is 24.6 Å². The first-order valence-electron chi connectivity index (χ1n) is 7.29. The van der Waals surface area contributed by atoms with E-state index in [2.05, 4.69) is 31.4 Å². The van der Waals surface area contributed by atoms with Gasteiger partial charge in [0.2, 0.25) is 0 Å². The number of hydrogen-bond donors (Lipinski definition) is 2. The van der Waals surface area contributed by atoms with Gasteiger partial charge >= 0.3 is 0 Å². The second-order valence-electron chi connectivity index (χ2n) is 5.46. The molecule has 1 unspecified atom stereocenters. The molecule has 3 N–H and O–H groups in total. The molecule has 1 aliphatic rings. The molecule has 0 aromatic carbocycles. The lowest BCUT2D eigenvalue weighted by Crippen LogP contribution is -2.29. The maximum absolute atomic E-state index is 6.29. The number of nitrogen functional groups attached to an aromatic ring is 1. The zero-order chi connectivity index (χ0) is 16.0. The Morgan fingerprint density at radius 2 is 2.26 bits per heavy atom. The molecule has 23 heavy (non-hydrogen) atoms. The van der Waals surface area contributed by atoms with Gasteiger partial charge in [-0.3, -0.25) is 4.68 Å². The highest BCUT2D eigenvalue weighted by molar-refractivity contribution is 9.10. The quantitative estimate of drug-likeness (QED) is 0.690. The van der Waals surface area contributed by atoms with Crippen molar-refractivity contribution in [2.45, 2.75) is 5.25 Å². The van der Waals surface area contributed by atoms with Crippen LogP contribution in [0.4, 0.5) is 5.82 Å². The van der Waals surface area contributed by atoms with E-state index in [-0.39, 0.29) is 5.25 Å². The number of nitrogens with two attached hydrogens (primary N) is 1. The zero-order valence-electron chi connectivity index (χ0n) is 12.5. The fourth-order valence-corrected chi connectivity index (χ4v) is 4.53. The zero-order valence-corrected chi connectivity index (χ0v) is 14.9. The van der Waals surface area contributed by atoms with E-state index in [1.807, 2.05) is 31.2 Å². The summed E-state index contributed by atoms with van der Waals surface area (Å²) in [5.74, 6) is 1.64. The van der Waals surface area contributed by atoms with Crippen LogP contribution in [0.3, 0.4) is 0 Å². The molecule has 7 nitrogen and oxygen atoms in total. The summed E-state index contributed by atoms with van der Waals surface area (Å²) >= 11 is 5.50. The molecule has 1 fully saturated rings. The molecule has 0 spiro atoms. The number of hydrogen-bond acceptors (Lipinski definition) is 6. The van der Waals surface area contributed by atoms with E-state index in [0.29, 0.717) is 5.82 Å². The molecule has 1 aliphatic heterocycles. The van der Waals surface area contributed by atoms with Gasteiger partial charge in [0.25, 0.3) is 0 Å². The average molecular weight is 394 g/mol. The van der Waals surface area contributed by atoms with E-state index in [9.17, 15) is 0 Å². The van der Waals surface area contributed by atoms with E-state index in [1.54, 1.807) is 15.4 Å². The lowest BCUT2D eigenvalue weighted by atomic mass is 10.2. The Labute approximate surface area is 145 Å².